The SMILES string of the molecule is COc1cc(C=C(C(=O)Nc2cccc(C(F)(F)F)c2)C(=O)Nc2cccc(C(F)(F)F)c2)cc(Br)c1OC. The van der Waals surface area contributed by atoms with Gasteiger partial charge in [-0.1, -0.05) is 12.1 Å². The second-order valence-corrected chi connectivity index (χ2v) is 8.72. The molecule has 0 heterocycles. The van der Waals surface area contributed by atoms with Gasteiger partial charge in [0, 0.05) is 11.4 Å². The first kappa shape index (κ1) is 29.6. The molecule has 0 unspecified atom stereocenters. The van der Waals surface area contributed by atoms with Gasteiger partial charge in [0.25, 0.3) is 11.8 Å². The number of anilines is 2. The molecule has 0 saturated carbocycles. The number of benzene rings is 3. The fraction of sp³-hybridized carbons (Fsp3) is 0.154. The predicted octanol–water partition coefficient (Wildman–Crippen LogP) is 7.16. The zero-order valence-corrected chi connectivity index (χ0v) is 21.7. The second kappa shape index (κ2) is 11.8. The van der Waals surface area contributed by atoms with Crippen LogP contribution in [0.3, 0.4) is 0 Å². The zero-order valence-electron chi connectivity index (χ0n) is 20.1. The smallest absolute Gasteiger partial charge is 0.416 e. The Bertz CT molecular complexity index is 1350. The van der Waals surface area contributed by atoms with Crippen LogP contribution >= 0.6 is 15.9 Å². The number of hydrogen-bond acceptors (Lipinski definition) is 4. The summed E-state index contributed by atoms with van der Waals surface area (Å²) >= 11 is 3.28. The number of carbonyl (C=O) groups excluding carboxylic acids is 2. The summed E-state index contributed by atoms with van der Waals surface area (Å²) < 4.78 is 89.5. The average Bonchev–Trinajstić information content (AvgIpc) is 2.86. The molecule has 13 heteroatoms. The molecular weight excluding hydrogens is 598 g/mol. The van der Waals surface area contributed by atoms with Crippen molar-refractivity contribution in [3.05, 3.63) is 87.4 Å². The van der Waals surface area contributed by atoms with Crippen molar-refractivity contribution >= 4 is 45.2 Å². The van der Waals surface area contributed by atoms with E-state index in [1.165, 1.54) is 38.5 Å². The zero-order chi connectivity index (χ0) is 29.0. The molecule has 0 atom stereocenters. The lowest BCUT2D eigenvalue weighted by Gasteiger charge is -2.14. The van der Waals surface area contributed by atoms with Crippen LogP contribution in [0.2, 0.25) is 0 Å². The van der Waals surface area contributed by atoms with Crippen LogP contribution in [-0.4, -0.2) is 26.0 Å². The highest BCUT2D eigenvalue weighted by atomic mass is 79.9. The molecule has 3 aromatic carbocycles. The van der Waals surface area contributed by atoms with Gasteiger partial charge in [0.05, 0.1) is 29.8 Å². The van der Waals surface area contributed by atoms with E-state index in [-0.39, 0.29) is 22.7 Å². The Labute approximate surface area is 226 Å². The molecule has 2 N–H and O–H groups in total. The minimum Gasteiger partial charge on any atom is -0.493 e. The van der Waals surface area contributed by atoms with Crippen LogP contribution in [0.25, 0.3) is 6.08 Å². The Kier molecular flexibility index (Phi) is 8.95. The number of amides is 2. The lowest BCUT2D eigenvalue weighted by Crippen LogP contribution is -2.25. The third-order valence-corrected chi connectivity index (χ3v) is 5.74. The van der Waals surface area contributed by atoms with E-state index in [9.17, 15) is 35.9 Å². The summed E-state index contributed by atoms with van der Waals surface area (Å²) in [6, 6.07) is 10.3. The largest absolute Gasteiger partial charge is 0.493 e. The quantitative estimate of drug-likeness (QED) is 0.128. The Balaban J connectivity index is 2.04. The highest BCUT2D eigenvalue weighted by molar-refractivity contribution is 9.10. The van der Waals surface area contributed by atoms with Crippen molar-refractivity contribution in [3.63, 3.8) is 0 Å². The third-order valence-electron chi connectivity index (χ3n) is 5.15. The predicted molar refractivity (Wildman–Crippen MR) is 135 cm³/mol. The van der Waals surface area contributed by atoms with Gasteiger partial charge in [0.15, 0.2) is 11.5 Å². The van der Waals surface area contributed by atoms with Gasteiger partial charge in [-0.3, -0.25) is 9.59 Å². The molecule has 2 amide bonds. The van der Waals surface area contributed by atoms with Gasteiger partial charge < -0.3 is 20.1 Å². The minimum absolute atomic E-state index is 0.217. The Morgan fingerprint density at radius 2 is 1.26 bits per heavy atom. The summed E-state index contributed by atoms with van der Waals surface area (Å²) in [6.45, 7) is 0. The number of halogens is 7. The van der Waals surface area contributed by atoms with Crippen molar-refractivity contribution in [1.82, 2.24) is 0 Å². The standard InChI is InChI=1S/C26H19BrF6N2O4/c1-38-21-11-14(10-20(27)22(21)39-2)9-19(23(36)34-17-7-3-5-15(12-17)25(28,29)30)24(37)35-18-8-4-6-16(13-18)26(31,32)33/h3-13H,1-2H3,(H,34,36)(H,35,37). The summed E-state index contributed by atoms with van der Waals surface area (Å²) in [7, 11) is 2.73. The number of alkyl halides is 6. The summed E-state index contributed by atoms with van der Waals surface area (Å²) in [4.78, 5) is 26.3. The fourth-order valence-electron chi connectivity index (χ4n) is 3.37. The van der Waals surface area contributed by atoms with Crippen LogP contribution in [0.1, 0.15) is 16.7 Å². The molecule has 0 aliphatic rings. The van der Waals surface area contributed by atoms with E-state index in [0.717, 1.165) is 30.3 Å². The van der Waals surface area contributed by atoms with Crippen molar-refractivity contribution < 1.29 is 45.4 Å². The number of rotatable bonds is 7. The lowest BCUT2D eigenvalue weighted by molar-refractivity contribution is -0.138. The van der Waals surface area contributed by atoms with Crippen LogP contribution in [0, 0.1) is 0 Å². The van der Waals surface area contributed by atoms with E-state index in [1.807, 2.05) is 0 Å². The van der Waals surface area contributed by atoms with Crippen LogP contribution in [0.15, 0.2) is 70.7 Å². The summed E-state index contributed by atoms with van der Waals surface area (Å²) in [6.07, 6.45) is -8.28. The fourth-order valence-corrected chi connectivity index (χ4v) is 3.99. The first-order chi connectivity index (χ1) is 18.2. The van der Waals surface area contributed by atoms with Crippen molar-refractivity contribution in [2.45, 2.75) is 12.4 Å². The first-order valence-electron chi connectivity index (χ1n) is 10.8. The summed E-state index contributed by atoms with van der Waals surface area (Å²) in [5.41, 5.74) is -3.00. The highest BCUT2D eigenvalue weighted by Gasteiger charge is 2.32. The number of ether oxygens (including phenoxy) is 2. The lowest BCUT2D eigenvalue weighted by atomic mass is 10.1. The maximum absolute atomic E-state index is 13.1. The summed E-state index contributed by atoms with van der Waals surface area (Å²) in [5, 5.41) is 4.45. The van der Waals surface area contributed by atoms with Gasteiger partial charge >= 0.3 is 12.4 Å². The van der Waals surface area contributed by atoms with E-state index in [0.29, 0.717) is 22.4 Å². The minimum atomic E-state index is -4.69. The topological polar surface area (TPSA) is 76.7 Å². The number of methoxy groups -OCH3 is 2. The molecule has 3 aromatic rings. The molecule has 0 aromatic heterocycles. The van der Waals surface area contributed by atoms with Gasteiger partial charge in [-0.05, 0) is 76.1 Å². The molecule has 3 rings (SSSR count). The van der Waals surface area contributed by atoms with Crippen molar-refractivity contribution in [2.24, 2.45) is 0 Å². The van der Waals surface area contributed by atoms with Crippen LogP contribution in [-0.2, 0) is 21.9 Å². The Hall–Kier alpha value is -4.00. The van der Waals surface area contributed by atoms with E-state index in [2.05, 4.69) is 26.6 Å². The van der Waals surface area contributed by atoms with Gasteiger partial charge in [0.2, 0.25) is 0 Å². The van der Waals surface area contributed by atoms with Gasteiger partial charge in [-0.2, -0.15) is 26.3 Å². The van der Waals surface area contributed by atoms with E-state index >= 15 is 0 Å². The van der Waals surface area contributed by atoms with E-state index in [1.54, 1.807) is 0 Å². The highest BCUT2D eigenvalue weighted by Crippen LogP contribution is 2.37. The molecule has 0 spiro atoms. The molecule has 0 saturated heterocycles. The first-order valence-corrected chi connectivity index (χ1v) is 11.6. The molecule has 39 heavy (non-hydrogen) atoms. The normalized spacial score (nSPS) is 11.4. The summed E-state index contributed by atoms with van der Waals surface area (Å²) in [5.74, 6) is -1.72. The molecule has 0 fully saturated rings. The molecule has 0 radical (unpaired) electrons. The number of hydrogen-bond donors (Lipinski definition) is 2. The van der Waals surface area contributed by atoms with Crippen molar-refractivity contribution in [1.29, 1.82) is 0 Å². The Morgan fingerprint density at radius 1 is 0.769 bits per heavy atom. The molecule has 0 aliphatic heterocycles. The molecule has 6 nitrogen and oxygen atoms in total. The molecule has 0 aliphatic carbocycles. The molecule has 0 bridgehead atoms. The average molecular weight is 617 g/mol. The van der Waals surface area contributed by atoms with Gasteiger partial charge in [0.1, 0.15) is 5.57 Å². The third kappa shape index (κ3) is 7.53. The monoisotopic (exact) mass is 616 g/mol. The van der Waals surface area contributed by atoms with Crippen LogP contribution in [0.5, 0.6) is 11.5 Å². The molecule has 206 valence electrons. The van der Waals surface area contributed by atoms with E-state index < -0.39 is 40.9 Å². The van der Waals surface area contributed by atoms with Crippen molar-refractivity contribution in [3.8, 4) is 11.5 Å². The maximum Gasteiger partial charge on any atom is 0.416 e. The Morgan fingerprint density at radius 3 is 1.67 bits per heavy atom. The van der Waals surface area contributed by atoms with Crippen LogP contribution < -0.4 is 20.1 Å². The van der Waals surface area contributed by atoms with Crippen LogP contribution in [0.4, 0.5) is 37.7 Å². The van der Waals surface area contributed by atoms with Gasteiger partial charge in [-0.15, -0.1) is 0 Å². The second-order valence-electron chi connectivity index (χ2n) is 7.86. The maximum atomic E-state index is 13.1. The number of carbonyl (C=O) groups is 2. The van der Waals surface area contributed by atoms with E-state index in [4.69, 9.17) is 9.47 Å². The van der Waals surface area contributed by atoms with Gasteiger partial charge in [-0.25, -0.2) is 0 Å². The number of nitrogens with one attached hydrogen (secondary N) is 2. The van der Waals surface area contributed by atoms with Crippen molar-refractivity contribution in [2.75, 3.05) is 24.9 Å². The molecular formula is C26H19BrF6N2O4.